The summed E-state index contributed by atoms with van der Waals surface area (Å²) in [4.78, 5) is 16.7. The molecule has 2 aromatic carbocycles. The molecule has 3 aromatic rings. The fourth-order valence-corrected chi connectivity index (χ4v) is 3.48. The first-order valence-electron chi connectivity index (χ1n) is 8.41. The molecular weight excluding hydrogens is 332 g/mol. The zero-order valence-corrected chi connectivity index (χ0v) is 14.1. The molecule has 7 nitrogen and oxygen atoms in total. The Hall–Kier alpha value is -3.35. The molecular formula is C19H16N4O3. The van der Waals surface area contributed by atoms with Crippen molar-refractivity contribution in [3.05, 3.63) is 65.2 Å². The molecule has 0 unspecified atom stereocenters. The number of aromatic nitrogens is 3. The smallest absolute Gasteiger partial charge is 0.252 e. The van der Waals surface area contributed by atoms with Gasteiger partial charge in [-0.2, -0.15) is 5.10 Å². The average molecular weight is 348 g/mol. The van der Waals surface area contributed by atoms with Crippen molar-refractivity contribution in [1.82, 2.24) is 20.1 Å². The number of carbonyl (C=O) groups excluding carboxylic acids is 1. The second-order valence-electron chi connectivity index (χ2n) is 6.34. The number of hydrogen-bond donors (Lipinski definition) is 1. The maximum Gasteiger partial charge on any atom is 0.252 e. The lowest BCUT2D eigenvalue weighted by molar-refractivity contribution is 0.0956. The third kappa shape index (κ3) is 2.32. The monoisotopic (exact) mass is 348 g/mol. The van der Waals surface area contributed by atoms with E-state index in [4.69, 9.17) is 9.47 Å². The predicted octanol–water partition coefficient (Wildman–Crippen LogP) is 2.33. The van der Waals surface area contributed by atoms with Crippen LogP contribution < -0.4 is 14.8 Å². The van der Waals surface area contributed by atoms with Gasteiger partial charge in [0.1, 0.15) is 11.6 Å². The summed E-state index contributed by atoms with van der Waals surface area (Å²) in [5.74, 6) is 2.83. The van der Waals surface area contributed by atoms with Gasteiger partial charge >= 0.3 is 0 Å². The first kappa shape index (κ1) is 14.9. The zero-order valence-electron chi connectivity index (χ0n) is 14.1. The van der Waals surface area contributed by atoms with Gasteiger partial charge < -0.3 is 14.8 Å². The molecule has 0 spiro atoms. The van der Waals surface area contributed by atoms with E-state index in [0.717, 1.165) is 28.4 Å². The minimum Gasteiger partial charge on any atom is -0.454 e. The van der Waals surface area contributed by atoms with E-state index >= 15 is 0 Å². The molecule has 5 rings (SSSR count). The van der Waals surface area contributed by atoms with Crippen molar-refractivity contribution in [2.24, 2.45) is 0 Å². The molecule has 0 bridgehead atoms. The van der Waals surface area contributed by atoms with Gasteiger partial charge in [-0.1, -0.05) is 18.2 Å². The lowest BCUT2D eigenvalue weighted by Crippen LogP contribution is -2.22. The highest BCUT2D eigenvalue weighted by atomic mass is 16.7. The minimum absolute atomic E-state index is 0.0449. The van der Waals surface area contributed by atoms with Crippen LogP contribution in [0.4, 0.5) is 0 Å². The van der Waals surface area contributed by atoms with Crippen LogP contribution in [0.3, 0.4) is 0 Å². The maximum atomic E-state index is 12.2. The number of aryl methyl sites for hydroxylation is 1. The zero-order chi connectivity index (χ0) is 17.7. The summed E-state index contributed by atoms with van der Waals surface area (Å²) < 4.78 is 12.6. The lowest BCUT2D eigenvalue weighted by atomic mass is 10.0. The van der Waals surface area contributed by atoms with Crippen LogP contribution in [0.5, 0.6) is 11.5 Å². The van der Waals surface area contributed by atoms with Crippen LogP contribution in [0, 0.1) is 6.92 Å². The number of nitrogens with zero attached hydrogens (tertiary/aromatic N) is 3. The summed E-state index contributed by atoms with van der Waals surface area (Å²) in [6.45, 7) is 2.08. The highest BCUT2D eigenvalue weighted by Crippen LogP contribution is 2.34. The Labute approximate surface area is 149 Å². The Morgan fingerprint density at radius 2 is 2.04 bits per heavy atom. The van der Waals surface area contributed by atoms with Gasteiger partial charge in [0.25, 0.3) is 5.91 Å². The number of carbonyl (C=O) groups is 1. The third-order valence-corrected chi connectivity index (χ3v) is 4.65. The van der Waals surface area contributed by atoms with E-state index < -0.39 is 0 Å². The van der Waals surface area contributed by atoms with Crippen LogP contribution in [-0.2, 0) is 6.42 Å². The second kappa shape index (κ2) is 5.59. The number of amides is 1. The third-order valence-electron chi connectivity index (χ3n) is 4.65. The Kier molecular flexibility index (Phi) is 3.21. The standard InChI is InChI=1S/C19H16N4O3/c1-11-20-18(9-15-13-4-2-3-5-14(13)19(24)21-15)23(22-11)12-6-7-16-17(8-12)26-10-25-16/h2-8,15H,9-10H2,1H3,(H,21,24)/t15-/m0/s1. The summed E-state index contributed by atoms with van der Waals surface area (Å²) in [5.41, 5.74) is 2.57. The summed E-state index contributed by atoms with van der Waals surface area (Å²) in [6, 6.07) is 13.2. The van der Waals surface area contributed by atoms with Gasteiger partial charge in [-0.05, 0) is 30.7 Å². The van der Waals surface area contributed by atoms with E-state index in [1.807, 2.05) is 49.4 Å². The van der Waals surface area contributed by atoms with Crippen LogP contribution in [0.25, 0.3) is 5.69 Å². The Bertz CT molecular complexity index is 1030. The van der Waals surface area contributed by atoms with Gasteiger partial charge in [0.05, 0.1) is 11.7 Å². The van der Waals surface area contributed by atoms with Crippen molar-refractivity contribution >= 4 is 5.91 Å². The number of rotatable bonds is 3. The summed E-state index contributed by atoms with van der Waals surface area (Å²) in [7, 11) is 0. The molecule has 1 amide bonds. The molecule has 0 aliphatic carbocycles. The predicted molar refractivity (Wildman–Crippen MR) is 92.6 cm³/mol. The van der Waals surface area contributed by atoms with Crippen molar-refractivity contribution in [3.63, 3.8) is 0 Å². The van der Waals surface area contributed by atoms with Gasteiger partial charge in [0, 0.05) is 18.1 Å². The maximum absolute atomic E-state index is 12.2. The fourth-order valence-electron chi connectivity index (χ4n) is 3.48. The molecule has 2 aliphatic heterocycles. The van der Waals surface area contributed by atoms with Gasteiger partial charge in [-0.25, -0.2) is 9.67 Å². The molecule has 0 fully saturated rings. The molecule has 1 N–H and O–H groups in total. The molecule has 2 aliphatic rings. The van der Waals surface area contributed by atoms with E-state index in [0.29, 0.717) is 18.0 Å². The fraction of sp³-hybridized carbons (Fsp3) is 0.211. The normalized spacial score (nSPS) is 17.3. The van der Waals surface area contributed by atoms with E-state index in [1.54, 1.807) is 4.68 Å². The molecule has 0 saturated heterocycles. The first-order valence-corrected chi connectivity index (χ1v) is 8.41. The van der Waals surface area contributed by atoms with Crippen molar-refractivity contribution in [1.29, 1.82) is 0 Å². The van der Waals surface area contributed by atoms with E-state index in [1.165, 1.54) is 0 Å². The summed E-state index contributed by atoms with van der Waals surface area (Å²) in [6.07, 6.45) is 0.554. The van der Waals surface area contributed by atoms with Crippen molar-refractivity contribution in [2.75, 3.05) is 6.79 Å². The second-order valence-corrected chi connectivity index (χ2v) is 6.34. The van der Waals surface area contributed by atoms with Crippen LogP contribution in [0.2, 0.25) is 0 Å². The lowest BCUT2D eigenvalue weighted by Gasteiger charge is -2.12. The number of nitrogens with one attached hydrogen (secondary N) is 1. The highest BCUT2D eigenvalue weighted by molar-refractivity contribution is 5.99. The summed E-state index contributed by atoms with van der Waals surface area (Å²) >= 11 is 0. The Balaban J connectivity index is 1.51. The minimum atomic E-state index is -0.116. The average Bonchev–Trinajstić information content (AvgIpc) is 3.33. The topological polar surface area (TPSA) is 78.3 Å². The van der Waals surface area contributed by atoms with E-state index in [-0.39, 0.29) is 18.7 Å². The van der Waals surface area contributed by atoms with Crippen LogP contribution in [0.15, 0.2) is 42.5 Å². The summed E-state index contributed by atoms with van der Waals surface area (Å²) in [5, 5.41) is 7.55. The molecule has 26 heavy (non-hydrogen) atoms. The first-order chi connectivity index (χ1) is 12.7. The Morgan fingerprint density at radius 3 is 2.96 bits per heavy atom. The highest BCUT2D eigenvalue weighted by Gasteiger charge is 2.29. The molecule has 1 atom stereocenters. The molecule has 0 radical (unpaired) electrons. The van der Waals surface area contributed by atoms with E-state index in [9.17, 15) is 4.79 Å². The number of ether oxygens (including phenoxy) is 2. The molecule has 7 heteroatoms. The van der Waals surface area contributed by atoms with Crippen molar-refractivity contribution in [3.8, 4) is 17.2 Å². The quantitative estimate of drug-likeness (QED) is 0.786. The number of hydrogen-bond acceptors (Lipinski definition) is 5. The van der Waals surface area contributed by atoms with E-state index in [2.05, 4.69) is 15.4 Å². The van der Waals surface area contributed by atoms with Crippen molar-refractivity contribution in [2.45, 2.75) is 19.4 Å². The number of fused-ring (bicyclic) bond motifs is 2. The van der Waals surface area contributed by atoms with Crippen LogP contribution in [-0.4, -0.2) is 27.5 Å². The number of benzene rings is 2. The van der Waals surface area contributed by atoms with Crippen molar-refractivity contribution < 1.29 is 14.3 Å². The molecule has 130 valence electrons. The van der Waals surface area contributed by atoms with Crippen LogP contribution in [0.1, 0.15) is 33.6 Å². The molecule has 0 saturated carbocycles. The largest absolute Gasteiger partial charge is 0.454 e. The molecule has 3 heterocycles. The van der Waals surface area contributed by atoms with Crippen LogP contribution >= 0.6 is 0 Å². The van der Waals surface area contributed by atoms with Gasteiger partial charge in [0.15, 0.2) is 11.5 Å². The van der Waals surface area contributed by atoms with Gasteiger partial charge in [0.2, 0.25) is 6.79 Å². The Morgan fingerprint density at radius 1 is 1.19 bits per heavy atom. The SMILES string of the molecule is Cc1nc(C[C@@H]2NC(=O)c3ccccc32)n(-c2ccc3c(c2)OCO3)n1. The van der Waals surface area contributed by atoms with Gasteiger partial charge in [-0.15, -0.1) is 0 Å². The van der Waals surface area contributed by atoms with Gasteiger partial charge in [-0.3, -0.25) is 4.79 Å². The molecule has 1 aromatic heterocycles.